The summed E-state index contributed by atoms with van der Waals surface area (Å²) in [6.07, 6.45) is 5.37. The van der Waals surface area contributed by atoms with Gasteiger partial charge in [0, 0.05) is 12.2 Å². The molecular formula is C19H23N3O3. The van der Waals surface area contributed by atoms with Crippen LogP contribution in [0.1, 0.15) is 41.4 Å². The number of nitrogens with zero attached hydrogens (tertiary/aromatic N) is 2. The highest BCUT2D eigenvalue weighted by atomic mass is 16.5. The van der Waals surface area contributed by atoms with Crippen LogP contribution in [0.25, 0.3) is 0 Å². The van der Waals surface area contributed by atoms with Crippen molar-refractivity contribution in [3.8, 4) is 0 Å². The van der Waals surface area contributed by atoms with Crippen molar-refractivity contribution in [3.63, 3.8) is 0 Å². The average molecular weight is 341 g/mol. The van der Waals surface area contributed by atoms with Gasteiger partial charge in [-0.1, -0.05) is 19.1 Å². The van der Waals surface area contributed by atoms with E-state index in [1.165, 1.54) is 7.11 Å². The molecule has 0 aliphatic carbocycles. The van der Waals surface area contributed by atoms with Gasteiger partial charge in [-0.05, 0) is 43.4 Å². The molecule has 132 valence electrons. The Morgan fingerprint density at radius 1 is 1.28 bits per heavy atom. The molecule has 1 aliphatic heterocycles. The van der Waals surface area contributed by atoms with E-state index in [9.17, 15) is 9.59 Å². The van der Waals surface area contributed by atoms with Gasteiger partial charge in [-0.25, -0.2) is 0 Å². The Bertz CT molecular complexity index is 765. The molecule has 0 saturated carbocycles. The van der Waals surface area contributed by atoms with Gasteiger partial charge in [-0.3, -0.25) is 14.3 Å². The third-order valence-electron chi connectivity index (χ3n) is 4.58. The van der Waals surface area contributed by atoms with Crippen molar-refractivity contribution in [1.29, 1.82) is 0 Å². The van der Waals surface area contributed by atoms with Crippen LogP contribution < -0.4 is 5.32 Å². The van der Waals surface area contributed by atoms with Crippen LogP contribution in [0.5, 0.6) is 0 Å². The minimum absolute atomic E-state index is 0.126. The molecule has 25 heavy (non-hydrogen) atoms. The largest absolute Gasteiger partial charge is 0.469 e. The molecule has 1 aromatic heterocycles. The summed E-state index contributed by atoms with van der Waals surface area (Å²) in [5, 5.41) is 7.23. The van der Waals surface area contributed by atoms with Crippen molar-refractivity contribution >= 4 is 17.6 Å². The fourth-order valence-electron chi connectivity index (χ4n) is 3.17. The molecule has 0 bridgehead atoms. The van der Waals surface area contributed by atoms with Crippen LogP contribution in [-0.4, -0.2) is 28.8 Å². The minimum Gasteiger partial charge on any atom is -0.469 e. The Kier molecular flexibility index (Phi) is 5.16. The number of carbonyl (C=O) groups is 2. The number of anilines is 1. The zero-order chi connectivity index (χ0) is 17.8. The van der Waals surface area contributed by atoms with E-state index in [-0.39, 0.29) is 17.8 Å². The van der Waals surface area contributed by atoms with E-state index in [1.54, 1.807) is 6.20 Å². The normalized spacial score (nSPS) is 14.5. The fraction of sp³-hybridized carbons (Fsp3) is 0.421. The van der Waals surface area contributed by atoms with Crippen molar-refractivity contribution in [1.82, 2.24) is 9.78 Å². The lowest BCUT2D eigenvalue weighted by molar-refractivity contribution is -0.144. The van der Waals surface area contributed by atoms with Crippen LogP contribution in [0, 0.1) is 5.92 Å². The van der Waals surface area contributed by atoms with Gasteiger partial charge in [-0.2, -0.15) is 5.10 Å². The lowest BCUT2D eigenvalue weighted by Crippen LogP contribution is -2.17. The number of benzene rings is 1. The Morgan fingerprint density at radius 2 is 2.04 bits per heavy atom. The van der Waals surface area contributed by atoms with Crippen molar-refractivity contribution < 1.29 is 14.3 Å². The van der Waals surface area contributed by atoms with Crippen LogP contribution in [0.15, 0.2) is 30.5 Å². The molecule has 1 amide bonds. The van der Waals surface area contributed by atoms with Gasteiger partial charge in [0.2, 0.25) is 0 Å². The van der Waals surface area contributed by atoms with E-state index < -0.39 is 0 Å². The summed E-state index contributed by atoms with van der Waals surface area (Å²) in [7, 11) is 1.40. The van der Waals surface area contributed by atoms with Gasteiger partial charge < -0.3 is 10.1 Å². The van der Waals surface area contributed by atoms with E-state index in [2.05, 4.69) is 10.4 Å². The standard InChI is InChI=1S/C19H23N3O3/c1-13(19(24)25-2)11-14-6-8-15(9-7-14)21-18(23)16-12-20-22-10-4-3-5-17(16)22/h6-9,12-13H,3-5,10-11H2,1-2H3,(H,21,23)/t13-/m1/s1. The zero-order valence-electron chi connectivity index (χ0n) is 14.6. The highest BCUT2D eigenvalue weighted by Crippen LogP contribution is 2.20. The number of rotatable bonds is 5. The first-order chi connectivity index (χ1) is 12.1. The van der Waals surface area contributed by atoms with Crippen molar-refractivity contribution in [3.05, 3.63) is 47.3 Å². The predicted octanol–water partition coefficient (Wildman–Crippen LogP) is 2.82. The van der Waals surface area contributed by atoms with Crippen LogP contribution in [0.3, 0.4) is 0 Å². The maximum Gasteiger partial charge on any atom is 0.308 e. The molecule has 0 radical (unpaired) electrons. The first-order valence-electron chi connectivity index (χ1n) is 8.61. The highest BCUT2D eigenvalue weighted by molar-refractivity contribution is 6.05. The fourth-order valence-corrected chi connectivity index (χ4v) is 3.17. The molecule has 1 atom stereocenters. The van der Waals surface area contributed by atoms with Gasteiger partial charge in [-0.15, -0.1) is 0 Å². The number of amides is 1. The first kappa shape index (κ1) is 17.2. The number of methoxy groups -OCH3 is 1. The van der Waals surface area contributed by atoms with Crippen molar-refractivity contribution in [2.75, 3.05) is 12.4 Å². The predicted molar refractivity (Wildman–Crippen MR) is 94.4 cm³/mol. The lowest BCUT2D eigenvalue weighted by atomic mass is 10.0. The molecule has 6 heteroatoms. The molecule has 2 heterocycles. The molecule has 1 aliphatic rings. The number of aryl methyl sites for hydroxylation is 1. The molecule has 1 aromatic carbocycles. The Morgan fingerprint density at radius 3 is 2.76 bits per heavy atom. The molecule has 0 spiro atoms. The molecule has 0 fully saturated rings. The maximum atomic E-state index is 12.5. The summed E-state index contributed by atoms with van der Waals surface area (Å²) in [5.41, 5.74) is 3.43. The summed E-state index contributed by atoms with van der Waals surface area (Å²) >= 11 is 0. The second-order valence-corrected chi connectivity index (χ2v) is 6.46. The average Bonchev–Trinajstić information content (AvgIpc) is 3.06. The molecule has 1 N–H and O–H groups in total. The number of hydrogen-bond donors (Lipinski definition) is 1. The number of carbonyl (C=O) groups excluding carboxylic acids is 2. The van der Waals surface area contributed by atoms with E-state index in [4.69, 9.17) is 4.74 Å². The SMILES string of the molecule is COC(=O)[C@H](C)Cc1ccc(NC(=O)c2cnn3c2CCCC3)cc1. The maximum absolute atomic E-state index is 12.5. The first-order valence-corrected chi connectivity index (χ1v) is 8.61. The van der Waals surface area contributed by atoms with E-state index in [0.29, 0.717) is 12.0 Å². The van der Waals surface area contributed by atoms with Crippen LogP contribution >= 0.6 is 0 Å². The molecule has 0 unspecified atom stereocenters. The molecular weight excluding hydrogens is 318 g/mol. The third kappa shape index (κ3) is 3.90. The molecule has 0 saturated heterocycles. The number of fused-ring (bicyclic) bond motifs is 1. The summed E-state index contributed by atoms with van der Waals surface area (Å²) in [6, 6.07) is 7.55. The zero-order valence-corrected chi connectivity index (χ0v) is 14.6. The van der Waals surface area contributed by atoms with Crippen LogP contribution in [-0.2, 0) is 28.9 Å². The topological polar surface area (TPSA) is 73.2 Å². The summed E-state index contributed by atoms with van der Waals surface area (Å²) in [4.78, 5) is 24.0. The smallest absolute Gasteiger partial charge is 0.308 e. The summed E-state index contributed by atoms with van der Waals surface area (Å²) in [5.74, 6) is -0.536. The van der Waals surface area contributed by atoms with Gasteiger partial charge in [0.25, 0.3) is 5.91 Å². The monoisotopic (exact) mass is 341 g/mol. The van der Waals surface area contributed by atoms with E-state index >= 15 is 0 Å². The van der Waals surface area contributed by atoms with Crippen molar-refractivity contribution in [2.24, 2.45) is 5.92 Å². The number of nitrogens with one attached hydrogen (secondary N) is 1. The van der Waals surface area contributed by atoms with Crippen molar-refractivity contribution in [2.45, 2.75) is 39.2 Å². The van der Waals surface area contributed by atoms with Crippen LogP contribution in [0.2, 0.25) is 0 Å². The quantitative estimate of drug-likeness (QED) is 0.849. The van der Waals surface area contributed by atoms with E-state index in [1.807, 2.05) is 35.9 Å². The van der Waals surface area contributed by atoms with E-state index in [0.717, 1.165) is 42.8 Å². The van der Waals surface area contributed by atoms with Crippen LogP contribution in [0.4, 0.5) is 5.69 Å². The second kappa shape index (κ2) is 7.51. The number of hydrogen-bond acceptors (Lipinski definition) is 4. The number of ether oxygens (including phenoxy) is 1. The van der Waals surface area contributed by atoms with Gasteiger partial charge in [0.05, 0.1) is 30.5 Å². The second-order valence-electron chi connectivity index (χ2n) is 6.46. The summed E-state index contributed by atoms with van der Waals surface area (Å²) < 4.78 is 6.67. The Hall–Kier alpha value is -2.63. The van der Waals surface area contributed by atoms with Gasteiger partial charge in [0.15, 0.2) is 0 Å². The Balaban J connectivity index is 1.64. The number of esters is 1. The third-order valence-corrected chi connectivity index (χ3v) is 4.58. The van der Waals surface area contributed by atoms with Gasteiger partial charge in [0.1, 0.15) is 0 Å². The van der Waals surface area contributed by atoms with Gasteiger partial charge >= 0.3 is 5.97 Å². The minimum atomic E-state index is -0.219. The molecule has 2 aromatic rings. The Labute approximate surface area is 147 Å². The highest BCUT2D eigenvalue weighted by Gasteiger charge is 2.20. The lowest BCUT2D eigenvalue weighted by Gasteiger charge is -2.14. The number of aromatic nitrogens is 2. The molecule has 3 rings (SSSR count). The molecule has 6 nitrogen and oxygen atoms in total. The summed E-state index contributed by atoms with van der Waals surface area (Å²) in [6.45, 7) is 2.72.